The van der Waals surface area contributed by atoms with Crippen molar-refractivity contribution in [3.63, 3.8) is 0 Å². The number of hydrogen-bond acceptors (Lipinski definition) is 2. The summed E-state index contributed by atoms with van der Waals surface area (Å²) in [7, 11) is 0. The van der Waals surface area contributed by atoms with Crippen LogP contribution in [0.5, 0.6) is 0 Å². The molecule has 0 heterocycles. The van der Waals surface area contributed by atoms with Crippen molar-refractivity contribution in [2.24, 2.45) is 10.7 Å². The van der Waals surface area contributed by atoms with Crippen molar-refractivity contribution >= 4 is 17.3 Å². The van der Waals surface area contributed by atoms with Gasteiger partial charge in [-0.25, -0.2) is 0 Å². The number of rotatable bonds is 6. The Bertz CT molecular complexity index is 578. The first-order chi connectivity index (χ1) is 10.2. The average molecular weight is 282 g/mol. The molecule has 2 aromatic rings. The lowest BCUT2D eigenvalue weighted by molar-refractivity contribution is 0.873. The largest absolute Gasteiger partial charge is 0.385 e. The molecule has 0 radical (unpaired) electrons. The molecule has 0 spiro atoms. The molecule has 0 aliphatic heterocycles. The van der Waals surface area contributed by atoms with E-state index in [4.69, 9.17) is 5.73 Å². The van der Waals surface area contributed by atoms with Crippen LogP contribution < -0.4 is 16.4 Å². The molecule has 2 rings (SSSR count). The summed E-state index contributed by atoms with van der Waals surface area (Å²) in [4.78, 5) is 4.32. The predicted molar refractivity (Wildman–Crippen MR) is 90.8 cm³/mol. The van der Waals surface area contributed by atoms with E-state index >= 15 is 0 Å². The molecule has 4 N–H and O–H groups in total. The number of guanidine groups is 1. The molecule has 0 aliphatic rings. The van der Waals surface area contributed by atoms with Crippen molar-refractivity contribution in [1.82, 2.24) is 0 Å². The Kier molecular flexibility index (Phi) is 5.64. The highest BCUT2D eigenvalue weighted by Crippen LogP contribution is 2.08. The van der Waals surface area contributed by atoms with Crippen LogP contribution in [0.1, 0.15) is 12.0 Å². The Labute approximate surface area is 126 Å². The van der Waals surface area contributed by atoms with Gasteiger partial charge in [-0.1, -0.05) is 30.3 Å². The third kappa shape index (κ3) is 5.57. The van der Waals surface area contributed by atoms with Crippen LogP contribution in [0.4, 0.5) is 11.4 Å². The van der Waals surface area contributed by atoms with Gasteiger partial charge in [0.05, 0.1) is 0 Å². The van der Waals surface area contributed by atoms with E-state index in [0.29, 0.717) is 12.5 Å². The van der Waals surface area contributed by atoms with Gasteiger partial charge in [-0.05, 0) is 43.2 Å². The molecule has 0 saturated carbocycles. The van der Waals surface area contributed by atoms with Gasteiger partial charge in [0.1, 0.15) is 0 Å². The SMILES string of the molecule is Cc1cccc(NC(N)=NCCCNc2ccccc2)c1. The Hall–Kier alpha value is -2.49. The van der Waals surface area contributed by atoms with Crippen molar-refractivity contribution in [2.45, 2.75) is 13.3 Å². The van der Waals surface area contributed by atoms with E-state index in [0.717, 1.165) is 24.3 Å². The van der Waals surface area contributed by atoms with Gasteiger partial charge in [0.2, 0.25) is 0 Å². The van der Waals surface area contributed by atoms with Crippen LogP contribution in [0.15, 0.2) is 59.6 Å². The molecular formula is C17H22N4. The number of aliphatic imine (C=N–C) groups is 1. The first kappa shape index (κ1) is 14.9. The number of nitrogens with two attached hydrogens (primary N) is 1. The summed E-state index contributed by atoms with van der Waals surface area (Å²) in [6.45, 7) is 3.63. The van der Waals surface area contributed by atoms with Gasteiger partial charge in [-0.3, -0.25) is 4.99 Å². The molecule has 2 aromatic carbocycles. The first-order valence-electron chi connectivity index (χ1n) is 7.16. The molecule has 21 heavy (non-hydrogen) atoms. The minimum atomic E-state index is 0.459. The Morgan fingerprint density at radius 3 is 2.57 bits per heavy atom. The number of benzene rings is 2. The summed E-state index contributed by atoms with van der Waals surface area (Å²) >= 11 is 0. The van der Waals surface area contributed by atoms with Crippen molar-refractivity contribution in [3.8, 4) is 0 Å². The van der Waals surface area contributed by atoms with Crippen molar-refractivity contribution < 1.29 is 0 Å². The molecule has 0 aromatic heterocycles. The van der Waals surface area contributed by atoms with Crippen LogP contribution in [0.3, 0.4) is 0 Å². The van der Waals surface area contributed by atoms with E-state index in [9.17, 15) is 0 Å². The topological polar surface area (TPSA) is 62.4 Å². The fraction of sp³-hybridized carbons (Fsp3) is 0.235. The van der Waals surface area contributed by atoms with Crippen LogP contribution >= 0.6 is 0 Å². The third-order valence-corrected chi connectivity index (χ3v) is 3.01. The standard InChI is InChI=1S/C17H22N4/c1-14-7-5-10-16(13-14)21-17(18)20-12-6-11-19-15-8-3-2-4-9-15/h2-5,7-10,13,19H,6,11-12H2,1H3,(H3,18,20,21). The van der Waals surface area contributed by atoms with Gasteiger partial charge in [0, 0.05) is 24.5 Å². The molecule has 4 nitrogen and oxygen atoms in total. The number of para-hydroxylation sites is 1. The summed E-state index contributed by atoms with van der Waals surface area (Å²) in [5.41, 5.74) is 9.16. The first-order valence-corrected chi connectivity index (χ1v) is 7.16. The van der Waals surface area contributed by atoms with Crippen LogP contribution in [-0.2, 0) is 0 Å². The highest BCUT2D eigenvalue weighted by atomic mass is 15.1. The summed E-state index contributed by atoms with van der Waals surface area (Å²) in [6, 6.07) is 18.2. The fourth-order valence-electron chi connectivity index (χ4n) is 1.98. The minimum Gasteiger partial charge on any atom is -0.385 e. The smallest absolute Gasteiger partial charge is 0.193 e. The second kappa shape index (κ2) is 7.94. The van der Waals surface area contributed by atoms with E-state index in [1.165, 1.54) is 5.56 Å². The summed E-state index contributed by atoms with van der Waals surface area (Å²) in [5.74, 6) is 0.459. The van der Waals surface area contributed by atoms with Gasteiger partial charge in [0.25, 0.3) is 0 Å². The van der Waals surface area contributed by atoms with E-state index in [1.807, 2.05) is 49.4 Å². The fourth-order valence-corrected chi connectivity index (χ4v) is 1.98. The van der Waals surface area contributed by atoms with Gasteiger partial charge in [0.15, 0.2) is 5.96 Å². The zero-order valence-electron chi connectivity index (χ0n) is 12.3. The number of nitrogens with one attached hydrogen (secondary N) is 2. The molecular weight excluding hydrogens is 260 g/mol. The quantitative estimate of drug-likeness (QED) is 0.433. The van der Waals surface area contributed by atoms with E-state index in [2.05, 4.69) is 27.8 Å². The Balaban J connectivity index is 1.69. The maximum atomic E-state index is 5.87. The van der Waals surface area contributed by atoms with Crippen molar-refractivity contribution in [1.29, 1.82) is 0 Å². The normalized spacial score (nSPS) is 11.2. The molecule has 0 atom stereocenters. The summed E-state index contributed by atoms with van der Waals surface area (Å²) in [5, 5.41) is 6.44. The van der Waals surface area contributed by atoms with E-state index in [1.54, 1.807) is 0 Å². The molecule has 110 valence electrons. The maximum absolute atomic E-state index is 5.87. The van der Waals surface area contributed by atoms with E-state index < -0.39 is 0 Å². The monoisotopic (exact) mass is 282 g/mol. The minimum absolute atomic E-state index is 0.459. The van der Waals surface area contributed by atoms with Gasteiger partial charge < -0.3 is 16.4 Å². The van der Waals surface area contributed by atoms with Gasteiger partial charge in [-0.2, -0.15) is 0 Å². The van der Waals surface area contributed by atoms with Crippen LogP contribution in [0, 0.1) is 6.92 Å². The molecule has 0 fully saturated rings. The van der Waals surface area contributed by atoms with Crippen LogP contribution in [0.2, 0.25) is 0 Å². The number of nitrogens with zero attached hydrogens (tertiary/aromatic N) is 1. The molecule has 0 amide bonds. The molecule has 0 aliphatic carbocycles. The molecule has 0 unspecified atom stereocenters. The molecule has 4 heteroatoms. The zero-order chi connectivity index (χ0) is 14.9. The van der Waals surface area contributed by atoms with Crippen LogP contribution in [-0.4, -0.2) is 19.0 Å². The third-order valence-electron chi connectivity index (χ3n) is 3.01. The number of anilines is 2. The Morgan fingerprint density at radius 2 is 1.81 bits per heavy atom. The summed E-state index contributed by atoms with van der Waals surface area (Å²) < 4.78 is 0. The van der Waals surface area contributed by atoms with E-state index in [-0.39, 0.29) is 0 Å². The van der Waals surface area contributed by atoms with Crippen LogP contribution in [0.25, 0.3) is 0 Å². The number of aryl methyl sites for hydroxylation is 1. The average Bonchev–Trinajstić information content (AvgIpc) is 2.48. The lowest BCUT2D eigenvalue weighted by atomic mass is 10.2. The Morgan fingerprint density at radius 1 is 1.05 bits per heavy atom. The lowest BCUT2D eigenvalue weighted by Gasteiger charge is -2.07. The summed E-state index contributed by atoms with van der Waals surface area (Å²) in [6.07, 6.45) is 0.936. The lowest BCUT2D eigenvalue weighted by Crippen LogP contribution is -2.23. The second-order valence-electron chi connectivity index (χ2n) is 4.91. The maximum Gasteiger partial charge on any atom is 0.193 e. The van der Waals surface area contributed by atoms with Crippen molar-refractivity contribution in [2.75, 3.05) is 23.7 Å². The predicted octanol–water partition coefficient (Wildman–Crippen LogP) is 3.22. The number of hydrogen-bond donors (Lipinski definition) is 3. The highest BCUT2D eigenvalue weighted by molar-refractivity contribution is 5.92. The zero-order valence-corrected chi connectivity index (χ0v) is 12.3. The van der Waals surface area contributed by atoms with Gasteiger partial charge in [-0.15, -0.1) is 0 Å². The van der Waals surface area contributed by atoms with Gasteiger partial charge >= 0.3 is 0 Å². The van der Waals surface area contributed by atoms with Crippen molar-refractivity contribution in [3.05, 3.63) is 60.2 Å². The highest BCUT2D eigenvalue weighted by Gasteiger charge is 1.95. The molecule has 0 bridgehead atoms. The molecule has 0 saturated heterocycles. The second-order valence-corrected chi connectivity index (χ2v) is 4.91.